The highest BCUT2D eigenvalue weighted by atomic mass is 16.6. The Labute approximate surface area is 107 Å². The van der Waals surface area contributed by atoms with Gasteiger partial charge in [-0.15, -0.1) is 0 Å². The molecule has 0 amide bonds. The molecule has 3 rings (SSSR count). The van der Waals surface area contributed by atoms with Gasteiger partial charge in [0.25, 0.3) is 5.69 Å². The summed E-state index contributed by atoms with van der Waals surface area (Å²) in [7, 11) is 0. The Hall–Kier alpha value is -2.76. The van der Waals surface area contributed by atoms with E-state index in [0.717, 1.165) is 10.9 Å². The highest BCUT2D eigenvalue weighted by Crippen LogP contribution is 2.31. The van der Waals surface area contributed by atoms with Crippen molar-refractivity contribution in [2.75, 3.05) is 0 Å². The predicted molar refractivity (Wildman–Crippen MR) is 68.6 cm³/mol. The molecule has 0 radical (unpaired) electrons. The largest absolute Gasteiger partial charge is 0.339 e. The molecule has 6 heteroatoms. The molecule has 19 heavy (non-hydrogen) atoms. The molecule has 0 saturated carbocycles. The number of fused-ring (bicyclic) bond motifs is 1. The molecule has 2 aromatic carbocycles. The third kappa shape index (κ3) is 1.83. The second kappa shape index (κ2) is 4.16. The quantitative estimate of drug-likeness (QED) is 0.519. The van der Waals surface area contributed by atoms with Gasteiger partial charge < -0.3 is 4.52 Å². The molecule has 0 saturated heterocycles. The third-order valence-electron chi connectivity index (χ3n) is 2.86. The van der Waals surface area contributed by atoms with Gasteiger partial charge in [0, 0.05) is 18.6 Å². The second-order valence-corrected chi connectivity index (χ2v) is 4.07. The van der Waals surface area contributed by atoms with Crippen molar-refractivity contribution in [3.8, 4) is 11.4 Å². The number of aryl methyl sites for hydroxylation is 1. The van der Waals surface area contributed by atoms with Gasteiger partial charge in [0.1, 0.15) is 0 Å². The summed E-state index contributed by atoms with van der Waals surface area (Å²) in [6.07, 6.45) is 0. The number of hydrogen-bond donors (Lipinski definition) is 0. The summed E-state index contributed by atoms with van der Waals surface area (Å²) in [6.45, 7) is 1.70. The predicted octanol–water partition coefficient (Wildman–Crippen LogP) is 3.11. The van der Waals surface area contributed by atoms with Crippen molar-refractivity contribution >= 4 is 16.5 Å². The maximum atomic E-state index is 11.0. The standard InChI is InChI=1S/C13H9N3O3/c1-8-14-13(15-19-8)11-6-2-5-10-9(11)4-3-7-12(10)16(17)18/h2-7H,1H3. The summed E-state index contributed by atoms with van der Waals surface area (Å²) in [4.78, 5) is 14.8. The van der Waals surface area contributed by atoms with Crippen molar-refractivity contribution in [3.63, 3.8) is 0 Å². The van der Waals surface area contributed by atoms with Crippen LogP contribution in [0.4, 0.5) is 5.69 Å². The summed E-state index contributed by atoms with van der Waals surface area (Å²) >= 11 is 0. The van der Waals surface area contributed by atoms with Crippen molar-refractivity contribution in [1.82, 2.24) is 10.1 Å². The first-order valence-corrected chi connectivity index (χ1v) is 5.63. The molecule has 0 aliphatic carbocycles. The number of nitro benzene ring substituents is 1. The highest BCUT2D eigenvalue weighted by molar-refractivity contribution is 6.00. The Morgan fingerprint density at radius 1 is 1.16 bits per heavy atom. The highest BCUT2D eigenvalue weighted by Gasteiger charge is 2.15. The van der Waals surface area contributed by atoms with Gasteiger partial charge >= 0.3 is 0 Å². The third-order valence-corrected chi connectivity index (χ3v) is 2.86. The maximum absolute atomic E-state index is 11.0. The minimum absolute atomic E-state index is 0.0690. The molecule has 0 bridgehead atoms. The van der Waals surface area contributed by atoms with E-state index in [4.69, 9.17) is 4.52 Å². The van der Waals surface area contributed by atoms with Gasteiger partial charge in [-0.25, -0.2) is 0 Å². The van der Waals surface area contributed by atoms with E-state index in [1.165, 1.54) is 6.07 Å². The van der Waals surface area contributed by atoms with E-state index >= 15 is 0 Å². The van der Waals surface area contributed by atoms with E-state index in [-0.39, 0.29) is 5.69 Å². The van der Waals surface area contributed by atoms with Gasteiger partial charge in [0.15, 0.2) is 0 Å². The van der Waals surface area contributed by atoms with Gasteiger partial charge in [-0.1, -0.05) is 29.4 Å². The molecule has 0 N–H and O–H groups in total. The number of aromatic nitrogens is 2. The van der Waals surface area contributed by atoms with E-state index in [1.807, 2.05) is 12.1 Å². The average Bonchev–Trinajstić information content (AvgIpc) is 2.83. The topological polar surface area (TPSA) is 82.1 Å². The zero-order valence-electron chi connectivity index (χ0n) is 10.0. The molecule has 6 nitrogen and oxygen atoms in total. The number of nitro groups is 1. The fraction of sp³-hybridized carbons (Fsp3) is 0.0769. The van der Waals surface area contributed by atoms with Crippen molar-refractivity contribution in [2.24, 2.45) is 0 Å². The molecule has 0 aliphatic rings. The zero-order chi connectivity index (χ0) is 13.4. The monoisotopic (exact) mass is 255 g/mol. The lowest BCUT2D eigenvalue weighted by Crippen LogP contribution is -1.91. The number of rotatable bonds is 2. The minimum atomic E-state index is -0.395. The lowest BCUT2D eigenvalue weighted by atomic mass is 10.0. The van der Waals surface area contributed by atoms with E-state index in [1.54, 1.807) is 25.1 Å². The summed E-state index contributed by atoms with van der Waals surface area (Å²) in [5, 5.41) is 16.2. The Morgan fingerprint density at radius 3 is 2.58 bits per heavy atom. The van der Waals surface area contributed by atoms with Crippen molar-refractivity contribution in [1.29, 1.82) is 0 Å². The van der Waals surface area contributed by atoms with Gasteiger partial charge in [-0.05, 0) is 11.5 Å². The van der Waals surface area contributed by atoms with Crippen LogP contribution in [0.5, 0.6) is 0 Å². The molecule has 0 atom stereocenters. The number of non-ortho nitro benzene ring substituents is 1. The molecule has 0 aliphatic heterocycles. The zero-order valence-corrected chi connectivity index (χ0v) is 10.0. The van der Waals surface area contributed by atoms with Crippen LogP contribution in [0.2, 0.25) is 0 Å². The van der Waals surface area contributed by atoms with Gasteiger partial charge in [0.05, 0.1) is 10.3 Å². The Balaban J connectivity index is 2.33. The van der Waals surface area contributed by atoms with Crippen molar-refractivity contribution < 1.29 is 9.45 Å². The van der Waals surface area contributed by atoms with Gasteiger partial charge in [-0.3, -0.25) is 10.1 Å². The first-order valence-electron chi connectivity index (χ1n) is 5.63. The fourth-order valence-electron chi connectivity index (χ4n) is 2.06. The maximum Gasteiger partial charge on any atom is 0.277 e. The van der Waals surface area contributed by atoms with E-state index in [2.05, 4.69) is 10.1 Å². The van der Waals surface area contributed by atoms with Crippen molar-refractivity contribution in [3.05, 3.63) is 52.4 Å². The lowest BCUT2D eigenvalue weighted by Gasteiger charge is -2.03. The smallest absolute Gasteiger partial charge is 0.277 e. The van der Waals surface area contributed by atoms with Crippen LogP contribution in [0.3, 0.4) is 0 Å². The van der Waals surface area contributed by atoms with Gasteiger partial charge in [0.2, 0.25) is 11.7 Å². The molecule has 0 fully saturated rings. The molecule has 1 heterocycles. The average molecular weight is 255 g/mol. The molecule has 0 unspecified atom stereocenters. The van der Waals surface area contributed by atoms with Crippen LogP contribution in [-0.4, -0.2) is 15.1 Å². The van der Waals surface area contributed by atoms with Crippen molar-refractivity contribution in [2.45, 2.75) is 6.92 Å². The van der Waals surface area contributed by atoms with E-state index in [9.17, 15) is 10.1 Å². The first-order chi connectivity index (χ1) is 9.16. The minimum Gasteiger partial charge on any atom is -0.339 e. The summed E-state index contributed by atoms with van der Waals surface area (Å²) < 4.78 is 4.95. The molecular formula is C13H9N3O3. The number of nitrogens with zero attached hydrogens (tertiary/aromatic N) is 3. The Morgan fingerprint density at radius 2 is 1.89 bits per heavy atom. The Kier molecular flexibility index (Phi) is 2.49. The summed E-state index contributed by atoms with van der Waals surface area (Å²) in [6, 6.07) is 10.2. The van der Waals surface area contributed by atoms with Crippen LogP contribution < -0.4 is 0 Å². The van der Waals surface area contributed by atoms with Crippen LogP contribution in [0.1, 0.15) is 5.89 Å². The molecule has 3 aromatic rings. The van der Waals surface area contributed by atoms with E-state index in [0.29, 0.717) is 17.1 Å². The summed E-state index contributed by atoms with van der Waals surface area (Å²) in [5.41, 5.74) is 0.789. The SMILES string of the molecule is Cc1nc(-c2cccc3c([N+](=O)[O-])cccc23)no1. The van der Waals surface area contributed by atoms with Gasteiger partial charge in [-0.2, -0.15) is 4.98 Å². The molecule has 0 spiro atoms. The second-order valence-electron chi connectivity index (χ2n) is 4.07. The Bertz CT molecular complexity index is 780. The van der Waals surface area contributed by atoms with Crippen LogP contribution in [-0.2, 0) is 0 Å². The van der Waals surface area contributed by atoms with Crippen LogP contribution in [0.25, 0.3) is 22.2 Å². The molecular weight excluding hydrogens is 246 g/mol. The first kappa shape index (κ1) is 11.3. The van der Waals surface area contributed by atoms with E-state index < -0.39 is 4.92 Å². The number of benzene rings is 2. The fourth-order valence-corrected chi connectivity index (χ4v) is 2.06. The number of hydrogen-bond acceptors (Lipinski definition) is 5. The normalized spacial score (nSPS) is 10.8. The molecule has 94 valence electrons. The van der Waals surface area contributed by atoms with Crippen LogP contribution >= 0.6 is 0 Å². The van der Waals surface area contributed by atoms with Crippen LogP contribution in [0.15, 0.2) is 40.9 Å². The lowest BCUT2D eigenvalue weighted by molar-refractivity contribution is -0.383. The van der Waals surface area contributed by atoms with Crippen LogP contribution in [0, 0.1) is 17.0 Å². The molecule has 1 aromatic heterocycles. The summed E-state index contributed by atoms with van der Waals surface area (Å²) in [5.74, 6) is 0.890.